The number of nitrogens with zero attached hydrogens (tertiary/aromatic N) is 5. The van der Waals surface area contributed by atoms with Crippen molar-refractivity contribution in [3.8, 4) is 17.1 Å². The van der Waals surface area contributed by atoms with Crippen molar-refractivity contribution in [2.45, 2.75) is 52.1 Å². The molecule has 0 spiro atoms. The number of thiazole rings is 1. The molecule has 2 saturated heterocycles. The second-order valence-electron chi connectivity index (χ2n) is 9.99. The van der Waals surface area contributed by atoms with Gasteiger partial charge in [-0.15, -0.1) is 0 Å². The van der Waals surface area contributed by atoms with Crippen LogP contribution in [0.25, 0.3) is 32.2 Å². The fraction of sp³-hybridized carbons (Fsp3) is 0.500. The van der Waals surface area contributed by atoms with E-state index in [0.717, 1.165) is 30.5 Å². The van der Waals surface area contributed by atoms with E-state index in [4.69, 9.17) is 26.8 Å². The Morgan fingerprint density at radius 2 is 1.76 bits per heavy atom. The highest BCUT2D eigenvalue weighted by Crippen LogP contribution is 2.42. The number of anilines is 2. The van der Waals surface area contributed by atoms with Crippen LogP contribution in [0.5, 0.6) is 6.01 Å². The lowest BCUT2D eigenvalue weighted by molar-refractivity contribution is 0.103. The van der Waals surface area contributed by atoms with Crippen LogP contribution in [0.1, 0.15) is 46.0 Å². The smallest absolute Gasteiger partial charge is 0.318 e. The van der Waals surface area contributed by atoms with Gasteiger partial charge in [0.15, 0.2) is 10.9 Å². The topological polar surface area (TPSA) is 89.6 Å². The maximum absolute atomic E-state index is 16.1. The third-order valence-electron chi connectivity index (χ3n) is 7.32. The van der Waals surface area contributed by atoms with E-state index in [1.54, 1.807) is 19.2 Å². The summed E-state index contributed by atoms with van der Waals surface area (Å²) in [5.74, 6) is 0.0425. The van der Waals surface area contributed by atoms with Crippen LogP contribution in [0.2, 0.25) is 5.02 Å². The highest BCUT2D eigenvalue weighted by atomic mass is 35.5. The van der Waals surface area contributed by atoms with Crippen molar-refractivity contribution in [1.82, 2.24) is 19.9 Å². The molecular weight excluding hydrogens is 563 g/mol. The van der Waals surface area contributed by atoms with Crippen molar-refractivity contribution < 1.29 is 13.9 Å². The van der Waals surface area contributed by atoms with Crippen LogP contribution >= 0.6 is 22.9 Å². The van der Waals surface area contributed by atoms with E-state index >= 15 is 4.39 Å². The summed E-state index contributed by atoms with van der Waals surface area (Å²) in [6.07, 6.45) is 5.89. The molecule has 6 rings (SSSR count). The highest BCUT2D eigenvalue weighted by Gasteiger charge is 2.26. The first-order valence-electron chi connectivity index (χ1n) is 14.2. The summed E-state index contributed by atoms with van der Waals surface area (Å²) >= 11 is 8.04. The molecule has 1 atom stereocenters. The molecule has 8 nitrogen and oxygen atoms in total. The SMILES string of the molecule is CC.CN1CCCC1.COc1nc(N2CCCCC(OC)C2)c2cc(Cl)c(-c3cccc4sc(N)nc34)c(F)c2n1. The fourth-order valence-electron chi connectivity index (χ4n) is 5.27. The average Bonchev–Trinajstić information content (AvgIpc) is 3.54. The number of rotatable bonds is 4. The summed E-state index contributed by atoms with van der Waals surface area (Å²) in [7, 11) is 5.35. The molecule has 41 heavy (non-hydrogen) atoms. The van der Waals surface area contributed by atoms with Gasteiger partial charge in [0.25, 0.3) is 0 Å². The zero-order valence-corrected chi connectivity index (χ0v) is 26.1. The Hall–Kier alpha value is -2.79. The van der Waals surface area contributed by atoms with E-state index in [9.17, 15) is 0 Å². The number of ether oxygens (including phenoxy) is 2. The minimum atomic E-state index is -0.545. The molecular formula is C30H40ClFN6O2S. The van der Waals surface area contributed by atoms with Gasteiger partial charge in [0.2, 0.25) is 0 Å². The molecule has 0 radical (unpaired) electrons. The number of nitrogens with two attached hydrogens (primary N) is 1. The zero-order valence-electron chi connectivity index (χ0n) is 24.5. The highest BCUT2D eigenvalue weighted by molar-refractivity contribution is 7.22. The number of para-hydroxylation sites is 1. The molecule has 4 heterocycles. The lowest BCUT2D eigenvalue weighted by Gasteiger charge is -2.26. The van der Waals surface area contributed by atoms with Gasteiger partial charge < -0.3 is 25.0 Å². The number of hydrogen-bond donors (Lipinski definition) is 1. The van der Waals surface area contributed by atoms with Crippen LogP contribution in [0.4, 0.5) is 15.3 Å². The van der Waals surface area contributed by atoms with Crippen LogP contribution < -0.4 is 15.4 Å². The molecule has 1 unspecified atom stereocenters. The second kappa shape index (κ2) is 14.4. The summed E-state index contributed by atoms with van der Waals surface area (Å²) in [6.45, 7) is 8.05. The van der Waals surface area contributed by atoms with Crippen LogP contribution in [0.15, 0.2) is 24.3 Å². The average molecular weight is 603 g/mol. The van der Waals surface area contributed by atoms with Crippen molar-refractivity contribution >= 4 is 55.0 Å². The van der Waals surface area contributed by atoms with Gasteiger partial charge in [-0.25, -0.2) is 9.37 Å². The number of methoxy groups -OCH3 is 2. The normalized spacial score (nSPS) is 17.5. The van der Waals surface area contributed by atoms with Crippen molar-refractivity contribution in [2.24, 2.45) is 0 Å². The van der Waals surface area contributed by atoms with Gasteiger partial charge >= 0.3 is 6.01 Å². The first-order chi connectivity index (χ1) is 19.9. The van der Waals surface area contributed by atoms with Gasteiger partial charge in [0, 0.05) is 36.7 Å². The van der Waals surface area contributed by atoms with Crippen molar-refractivity contribution in [2.75, 3.05) is 58.1 Å². The molecule has 0 amide bonds. The number of fused-ring (bicyclic) bond motifs is 2. The molecule has 0 saturated carbocycles. The second-order valence-corrected chi connectivity index (χ2v) is 11.5. The van der Waals surface area contributed by atoms with Gasteiger partial charge in [0.1, 0.15) is 11.3 Å². The van der Waals surface area contributed by atoms with Crippen molar-refractivity contribution in [3.05, 3.63) is 35.1 Å². The molecule has 11 heteroatoms. The van der Waals surface area contributed by atoms with E-state index in [2.05, 4.69) is 31.8 Å². The summed E-state index contributed by atoms with van der Waals surface area (Å²) in [5.41, 5.74) is 7.47. The number of aromatic nitrogens is 3. The first-order valence-corrected chi connectivity index (χ1v) is 15.4. The Morgan fingerprint density at radius 1 is 1.02 bits per heavy atom. The predicted molar refractivity (Wildman–Crippen MR) is 169 cm³/mol. The number of halogens is 2. The number of likely N-dealkylation sites (tertiary alicyclic amines) is 1. The number of hydrogen-bond acceptors (Lipinski definition) is 9. The molecule has 2 fully saturated rings. The molecule has 2 aliphatic heterocycles. The molecule has 4 aromatic rings. The van der Waals surface area contributed by atoms with E-state index in [1.807, 2.05) is 26.0 Å². The Bertz CT molecular complexity index is 1460. The van der Waals surface area contributed by atoms with Crippen LogP contribution in [-0.2, 0) is 4.74 Å². The summed E-state index contributed by atoms with van der Waals surface area (Å²) in [5, 5.41) is 1.20. The standard InChI is InChI=1S/C23H23ClFN5O2S.C5H11N.C2H6/c1-31-12-6-3-4-9-30(11-12)21-14-10-15(24)17(18(25)20(14)28-23(29-21)32-2)13-7-5-8-16-19(13)27-22(26)33-16;1-6-4-2-3-5-6;1-2/h5,7-8,10,12H,3-4,6,9,11H2,1-2H3,(H2,26,27);2-5H2,1H3;1-2H3. The molecule has 2 aromatic carbocycles. The Labute approximate surface area is 250 Å². The molecule has 2 aliphatic rings. The van der Waals surface area contributed by atoms with Crippen LogP contribution in [-0.4, -0.2) is 73.4 Å². The van der Waals surface area contributed by atoms with Gasteiger partial charge in [-0.1, -0.05) is 48.9 Å². The van der Waals surface area contributed by atoms with Crippen LogP contribution in [0, 0.1) is 5.82 Å². The lowest BCUT2D eigenvalue weighted by atomic mass is 10.0. The van der Waals surface area contributed by atoms with E-state index in [-0.39, 0.29) is 28.2 Å². The molecule has 2 N–H and O–H groups in total. The van der Waals surface area contributed by atoms with E-state index < -0.39 is 5.82 Å². The summed E-state index contributed by atoms with van der Waals surface area (Å²) in [4.78, 5) is 17.8. The minimum Gasteiger partial charge on any atom is -0.467 e. The van der Waals surface area contributed by atoms with Crippen molar-refractivity contribution in [3.63, 3.8) is 0 Å². The van der Waals surface area contributed by atoms with E-state index in [0.29, 0.717) is 34.0 Å². The lowest BCUT2D eigenvalue weighted by Crippen LogP contribution is -2.32. The summed E-state index contributed by atoms with van der Waals surface area (Å²) < 4.78 is 27.9. The molecule has 222 valence electrons. The third kappa shape index (κ3) is 6.99. The minimum absolute atomic E-state index is 0.0656. The van der Waals surface area contributed by atoms with Gasteiger partial charge in [-0.05, 0) is 64.4 Å². The number of benzene rings is 2. The summed E-state index contributed by atoms with van der Waals surface area (Å²) in [6, 6.07) is 7.34. The largest absolute Gasteiger partial charge is 0.467 e. The zero-order chi connectivity index (χ0) is 29.5. The Morgan fingerprint density at radius 3 is 2.41 bits per heavy atom. The Kier molecular flexibility index (Phi) is 10.9. The van der Waals surface area contributed by atoms with E-state index in [1.165, 1.54) is 44.4 Å². The first kappa shape index (κ1) is 31.2. The third-order valence-corrected chi connectivity index (χ3v) is 8.47. The van der Waals surface area contributed by atoms with Gasteiger partial charge in [0.05, 0.1) is 28.5 Å². The molecule has 0 aliphatic carbocycles. The van der Waals surface area contributed by atoms with Crippen molar-refractivity contribution in [1.29, 1.82) is 0 Å². The number of nitrogen functional groups attached to an aromatic ring is 1. The van der Waals surface area contributed by atoms with Gasteiger partial charge in [-0.2, -0.15) is 9.97 Å². The molecule has 0 bridgehead atoms. The molecule has 2 aromatic heterocycles. The maximum Gasteiger partial charge on any atom is 0.318 e. The Balaban J connectivity index is 0.000000424. The van der Waals surface area contributed by atoms with Gasteiger partial charge in [-0.3, -0.25) is 0 Å². The monoisotopic (exact) mass is 602 g/mol. The maximum atomic E-state index is 16.1. The van der Waals surface area contributed by atoms with Crippen LogP contribution in [0.3, 0.4) is 0 Å². The quantitative estimate of drug-likeness (QED) is 0.266. The fourth-order valence-corrected chi connectivity index (χ4v) is 6.32. The predicted octanol–water partition coefficient (Wildman–Crippen LogP) is 7.03.